The third-order valence-electron chi connectivity index (χ3n) is 1.82. The summed E-state index contributed by atoms with van der Waals surface area (Å²) in [6, 6.07) is 8.33. The van der Waals surface area contributed by atoms with Crippen LogP contribution in [-0.2, 0) is 0 Å². The van der Waals surface area contributed by atoms with Gasteiger partial charge in [0.05, 0.1) is 12.0 Å². The summed E-state index contributed by atoms with van der Waals surface area (Å²) in [5, 5.41) is 8.70. The molecular weight excluding hydrogens is 153 g/mol. The van der Waals surface area contributed by atoms with Crippen molar-refractivity contribution in [3.05, 3.63) is 35.6 Å². The highest BCUT2D eigenvalue weighted by Crippen LogP contribution is 2.18. The van der Waals surface area contributed by atoms with Crippen molar-refractivity contribution >= 4 is 0 Å². The lowest BCUT2D eigenvalue weighted by Gasteiger charge is -2.04. The van der Waals surface area contributed by atoms with E-state index in [9.17, 15) is 4.39 Å². The zero-order valence-corrected chi connectivity index (χ0v) is 6.92. The van der Waals surface area contributed by atoms with Crippen molar-refractivity contribution in [1.82, 2.24) is 0 Å². The van der Waals surface area contributed by atoms with Gasteiger partial charge >= 0.3 is 0 Å². The average molecular weight is 163 g/mol. The second-order valence-electron chi connectivity index (χ2n) is 2.64. The van der Waals surface area contributed by atoms with Crippen LogP contribution in [-0.4, -0.2) is 0 Å². The summed E-state index contributed by atoms with van der Waals surface area (Å²) in [6.45, 7) is 1.92. The zero-order chi connectivity index (χ0) is 8.97. The maximum absolute atomic E-state index is 12.7. The van der Waals surface area contributed by atoms with Gasteiger partial charge in [-0.3, -0.25) is 0 Å². The van der Waals surface area contributed by atoms with E-state index < -0.39 is 0 Å². The highest BCUT2D eigenvalue weighted by Gasteiger charge is 2.07. The van der Waals surface area contributed by atoms with Crippen LogP contribution in [0, 0.1) is 17.1 Å². The van der Waals surface area contributed by atoms with Crippen LogP contribution < -0.4 is 0 Å². The Hall–Kier alpha value is -1.36. The molecule has 0 N–H and O–H groups in total. The van der Waals surface area contributed by atoms with E-state index in [1.165, 1.54) is 12.1 Å². The van der Waals surface area contributed by atoms with Crippen LogP contribution in [0.4, 0.5) is 4.39 Å². The monoisotopic (exact) mass is 163 g/mol. The minimum absolute atomic E-state index is 0.180. The first-order valence-electron chi connectivity index (χ1n) is 3.93. The molecule has 0 bridgehead atoms. The second kappa shape index (κ2) is 3.87. The fraction of sp³-hybridized carbons (Fsp3) is 0.300. The Bertz CT molecular complexity index is 301. The molecule has 0 fully saturated rings. The minimum Gasteiger partial charge on any atom is -0.207 e. The van der Waals surface area contributed by atoms with E-state index in [0.29, 0.717) is 0 Å². The lowest BCUT2D eigenvalue weighted by Crippen LogP contribution is -1.93. The largest absolute Gasteiger partial charge is 0.207 e. The van der Waals surface area contributed by atoms with Crippen LogP contribution >= 0.6 is 0 Å². The predicted molar refractivity (Wildman–Crippen MR) is 45.0 cm³/mol. The first kappa shape index (κ1) is 8.73. The van der Waals surface area contributed by atoms with Crippen LogP contribution in [0.3, 0.4) is 0 Å². The van der Waals surface area contributed by atoms with Crippen molar-refractivity contribution in [2.75, 3.05) is 0 Å². The summed E-state index contributed by atoms with van der Waals surface area (Å²) in [4.78, 5) is 0. The van der Waals surface area contributed by atoms with Gasteiger partial charge in [0, 0.05) is 0 Å². The lowest BCUT2D eigenvalue weighted by atomic mass is 9.98. The summed E-state index contributed by atoms with van der Waals surface area (Å²) in [7, 11) is 0. The van der Waals surface area contributed by atoms with Crippen LogP contribution in [0.15, 0.2) is 24.3 Å². The molecular formula is C10H10FN. The fourth-order valence-corrected chi connectivity index (χ4v) is 1.12. The quantitative estimate of drug-likeness (QED) is 0.657. The Labute approximate surface area is 71.4 Å². The predicted octanol–water partition coefficient (Wildman–Crippen LogP) is 2.84. The van der Waals surface area contributed by atoms with Gasteiger partial charge < -0.3 is 0 Å². The molecule has 0 saturated carbocycles. The summed E-state index contributed by atoms with van der Waals surface area (Å²) in [5.74, 6) is -0.457. The van der Waals surface area contributed by atoms with Crippen LogP contribution in [0.25, 0.3) is 0 Å². The maximum atomic E-state index is 12.7. The molecule has 0 amide bonds. The zero-order valence-electron chi connectivity index (χ0n) is 6.92. The van der Waals surface area contributed by atoms with Crippen LogP contribution in [0.1, 0.15) is 24.8 Å². The topological polar surface area (TPSA) is 23.8 Å². The molecule has 0 aromatic heterocycles. The summed E-state index contributed by atoms with van der Waals surface area (Å²) < 4.78 is 12.7. The first-order valence-corrected chi connectivity index (χ1v) is 3.93. The molecule has 0 radical (unpaired) electrons. The average Bonchev–Trinajstić information content (AvgIpc) is 2.07. The highest BCUT2D eigenvalue weighted by molar-refractivity contribution is 5.25. The van der Waals surface area contributed by atoms with Gasteiger partial charge in [0.1, 0.15) is 5.82 Å². The molecule has 1 rings (SSSR count). The Morgan fingerprint density at radius 3 is 2.83 bits per heavy atom. The molecule has 0 heterocycles. The highest BCUT2D eigenvalue weighted by atomic mass is 19.1. The van der Waals surface area contributed by atoms with Crippen LogP contribution in [0.5, 0.6) is 0 Å². The Kier molecular flexibility index (Phi) is 2.82. The number of nitrogens with zero attached hydrogens (tertiary/aromatic N) is 1. The number of rotatable bonds is 2. The van der Waals surface area contributed by atoms with Crippen molar-refractivity contribution in [2.45, 2.75) is 19.3 Å². The first-order chi connectivity index (χ1) is 5.77. The van der Waals surface area contributed by atoms with E-state index in [0.717, 1.165) is 12.0 Å². The van der Waals surface area contributed by atoms with E-state index in [-0.39, 0.29) is 11.7 Å². The number of hydrogen-bond donors (Lipinski definition) is 0. The standard InChI is InChI=1S/C10H10FN/c1-2-8(7-12)9-4-3-5-10(11)6-9/h3-6,8H,2H2,1H3/t8-/m0/s1. The molecule has 0 aliphatic heterocycles. The van der Waals surface area contributed by atoms with E-state index in [1.54, 1.807) is 12.1 Å². The van der Waals surface area contributed by atoms with Gasteiger partial charge in [-0.1, -0.05) is 19.1 Å². The molecule has 62 valence electrons. The Morgan fingerprint density at radius 1 is 1.58 bits per heavy atom. The van der Waals surface area contributed by atoms with Gasteiger partial charge in [0.2, 0.25) is 0 Å². The molecule has 12 heavy (non-hydrogen) atoms. The van der Waals surface area contributed by atoms with Crippen molar-refractivity contribution in [2.24, 2.45) is 0 Å². The number of nitriles is 1. The smallest absolute Gasteiger partial charge is 0.123 e. The number of hydrogen-bond acceptors (Lipinski definition) is 1. The van der Waals surface area contributed by atoms with Gasteiger partial charge in [-0.2, -0.15) is 5.26 Å². The second-order valence-corrected chi connectivity index (χ2v) is 2.64. The minimum atomic E-state index is -0.277. The maximum Gasteiger partial charge on any atom is 0.123 e. The Balaban J connectivity index is 2.95. The number of benzene rings is 1. The Morgan fingerprint density at radius 2 is 2.33 bits per heavy atom. The van der Waals surface area contributed by atoms with Crippen LogP contribution in [0.2, 0.25) is 0 Å². The normalized spacial score (nSPS) is 12.1. The molecule has 0 aliphatic carbocycles. The van der Waals surface area contributed by atoms with Gasteiger partial charge in [-0.15, -0.1) is 0 Å². The number of halogens is 1. The van der Waals surface area contributed by atoms with E-state index in [2.05, 4.69) is 6.07 Å². The molecule has 1 nitrogen and oxygen atoms in total. The van der Waals surface area contributed by atoms with E-state index in [1.807, 2.05) is 6.92 Å². The van der Waals surface area contributed by atoms with Gasteiger partial charge in [0.15, 0.2) is 0 Å². The van der Waals surface area contributed by atoms with E-state index in [4.69, 9.17) is 5.26 Å². The molecule has 0 unspecified atom stereocenters. The third kappa shape index (κ3) is 1.82. The van der Waals surface area contributed by atoms with Crippen molar-refractivity contribution in [3.63, 3.8) is 0 Å². The van der Waals surface area contributed by atoms with Crippen molar-refractivity contribution in [3.8, 4) is 6.07 Å². The molecule has 0 spiro atoms. The SMILES string of the molecule is CC[C@@H](C#N)c1cccc(F)c1. The summed E-state index contributed by atoms with van der Waals surface area (Å²) in [6.07, 6.45) is 0.722. The molecule has 0 saturated heterocycles. The third-order valence-corrected chi connectivity index (χ3v) is 1.82. The molecule has 1 aromatic carbocycles. The fourth-order valence-electron chi connectivity index (χ4n) is 1.12. The van der Waals surface area contributed by atoms with E-state index >= 15 is 0 Å². The molecule has 0 aliphatic rings. The van der Waals surface area contributed by atoms with Gasteiger partial charge in [0.25, 0.3) is 0 Å². The summed E-state index contributed by atoms with van der Waals surface area (Å²) >= 11 is 0. The molecule has 2 heteroatoms. The lowest BCUT2D eigenvalue weighted by molar-refractivity contribution is 0.623. The van der Waals surface area contributed by atoms with Crippen molar-refractivity contribution in [1.29, 1.82) is 5.26 Å². The van der Waals surface area contributed by atoms with Gasteiger partial charge in [-0.25, -0.2) is 4.39 Å². The molecule has 1 aromatic rings. The molecule has 1 atom stereocenters. The summed E-state index contributed by atoms with van der Waals surface area (Å²) in [5.41, 5.74) is 0.764. The van der Waals surface area contributed by atoms with Gasteiger partial charge in [-0.05, 0) is 24.1 Å². The van der Waals surface area contributed by atoms with Crippen molar-refractivity contribution < 1.29 is 4.39 Å².